The SMILES string of the molecule is Cc1ccc([C@H]2CC(=O)C3=C(C2)Nc2ccccc2N(C(=O)c2ccccc2)[C@H]3c2ccccc2)cc1. The van der Waals surface area contributed by atoms with Gasteiger partial charge >= 0.3 is 0 Å². The molecule has 0 radical (unpaired) electrons. The lowest BCUT2D eigenvalue weighted by Gasteiger charge is -2.35. The molecule has 37 heavy (non-hydrogen) atoms. The van der Waals surface area contributed by atoms with Crippen molar-refractivity contribution in [2.24, 2.45) is 0 Å². The maximum Gasteiger partial charge on any atom is 0.259 e. The number of anilines is 2. The lowest BCUT2D eigenvalue weighted by Crippen LogP contribution is -2.38. The zero-order chi connectivity index (χ0) is 25.4. The van der Waals surface area contributed by atoms with Gasteiger partial charge in [-0.2, -0.15) is 0 Å². The van der Waals surface area contributed by atoms with Crippen molar-refractivity contribution in [3.8, 4) is 0 Å². The smallest absolute Gasteiger partial charge is 0.259 e. The number of nitrogens with zero attached hydrogens (tertiary/aromatic N) is 1. The summed E-state index contributed by atoms with van der Waals surface area (Å²) < 4.78 is 0. The predicted octanol–water partition coefficient (Wildman–Crippen LogP) is 7.21. The average Bonchev–Trinajstić information content (AvgIpc) is 3.08. The molecule has 0 bridgehead atoms. The van der Waals surface area contributed by atoms with Gasteiger partial charge in [-0.3, -0.25) is 14.5 Å². The molecule has 4 aromatic carbocycles. The van der Waals surface area contributed by atoms with Gasteiger partial charge in [0.2, 0.25) is 0 Å². The van der Waals surface area contributed by atoms with Crippen molar-refractivity contribution in [2.45, 2.75) is 31.7 Å². The van der Waals surface area contributed by atoms with E-state index in [1.807, 2.05) is 84.9 Å². The number of aryl methyl sites for hydroxylation is 1. The van der Waals surface area contributed by atoms with Gasteiger partial charge in [0.15, 0.2) is 5.78 Å². The molecule has 1 heterocycles. The largest absolute Gasteiger partial charge is 0.357 e. The molecular weight excluding hydrogens is 456 g/mol. The standard InChI is InChI=1S/C33H28N2O2/c1-22-16-18-23(19-17-22)26-20-28-31(30(36)21-26)32(24-10-4-2-5-11-24)35(29-15-9-8-14-27(29)34-28)33(37)25-12-6-3-7-13-25/h2-19,26,32,34H,20-21H2,1H3/t26-,32+/m1/s1. The van der Waals surface area contributed by atoms with Gasteiger partial charge in [0.05, 0.1) is 17.4 Å². The van der Waals surface area contributed by atoms with Crippen LogP contribution in [0.1, 0.15) is 51.8 Å². The Kier molecular flexibility index (Phi) is 5.93. The number of hydrogen-bond acceptors (Lipinski definition) is 3. The summed E-state index contributed by atoms with van der Waals surface area (Å²) in [5.41, 5.74) is 7.03. The number of amides is 1. The zero-order valence-electron chi connectivity index (χ0n) is 20.7. The molecule has 0 aromatic heterocycles. The highest BCUT2D eigenvalue weighted by Crippen LogP contribution is 2.47. The fourth-order valence-corrected chi connectivity index (χ4v) is 5.56. The van der Waals surface area contributed by atoms with Crippen molar-refractivity contribution in [1.29, 1.82) is 0 Å². The van der Waals surface area contributed by atoms with Gasteiger partial charge in [-0.15, -0.1) is 0 Å². The van der Waals surface area contributed by atoms with Crippen LogP contribution < -0.4 is 10.2 Å². The number of allylic oxidation sites excluding steroid dienone is 1. The summed E-state index contributed by atoms with van der Waals surface area (Å²) in [7, 11) is 0. The van der Waals surface area contributed by atoms with Crippen LogP contribution in [0, 0.1) is 6.92 Å². The zero-order valence-corrected chi connectivity index (χ0v) is 20.7. The summed E-state index contributed by atoms with van der Waals surface area (Å²) in [6, 6.07) is 35.0. The van der Waals surface area contributed by atoms with Gasteiger partial charge in [0.1, 0.15) is 0 Å². The molecule has 182 valence electrons. The third-order valence-electron chi connectivity index (χ3n) is 7.39. The minimum absolute atomic E-state index is 0.0758. The van der Waals surface area contributed by atoms with Gasteiger partial charge in [0, 0.05) is 23.3 Å². The minimum atomic E-state index is -0.536. The highest BCUT2D eigenvalue weighted by Gasteiger charge is 2.41. The Morgan fingerprint density at radius 2 is 1.41 bits per heavy atom. The highest BCUT2D eigenvalue weighted by molar-refractivity contribution is 6.12. The number of benzene rings is 4. The Balaban J connectivity index is 1.55. The summed E-state index contributed by atoms with van der Waals surface area (Å²) in [5.74, 6) is 0.0251. The second-order valence-electron chi connectivity index (χ2n) is 9.83. The van der Waals surface area contributed by atoms with E-state index in [0.29, 0.717) is 24.0 Å². The van der Waals surface area contributed by atoms with Gasteiger partial charge in [0.25, 0.3) is 5.91 Å². The molecule has 1 aliphatic carbocycles. The van der Waals surface area contributed by atoms with Crippen LogP contribution in [0.3, 0.4) is 0 Å². The van der Waals surface area contributed by atoms with Crippen LogP contribution in [-0.4, -0.2) is 11.7 Å². The van der Waals surface area contributed by atoms with Crippen molar-refractivity contribution >= 4 is 23.1 Å². The van der Waals surface area contributed by atoms with E-state index >= 15 is 0 Å². The van der Waals surface area contributed by atoms with E-state index in [2.05, 4.69) is 36.5 Å². The quantitative estimate of drug-likeness (QED) is 0.334. The normalized spacial score (nSPS) is 18.9. The van der Waals surface area contributed by atoms with Crippen molar-refractivity contribution in [3.05, 3.63) is 143 Å². The van der Waals surface area contributed by atoms with E-state index < -0.39 is 6.04 Å². The Morgan fingerprint density at radius 3 is 2.14 bits per heavy atom. The van der Waals surface area contributed by atoms with E-state index in [0.717, 1.165) is 22.6 Å². The first-order chi connectivity index (χ1) is 18.1. The van der Waals surface area contributed by atoms with Crippen LogP contribution in [-0.2, 0) is 4.79 Å². The number of Topliss-reactive ketones (excluding diaryl/α,β-unsaturated/α-hetero) is 1. The number of carbonyl (C=O) groups is 2. The summed E-state index contributed by atoms with van der Waals surface area (Å²) in [6.07, 6.45) is 1.12. The van der Waals surface area contributed by atoms with Gasteiger partial charge in [-0.1, -0.05) is 90.5 Å². The van der Waals surface area contributed by atoms with E-state index in [4.69, 9.17) is 0 Å². The molecule has 2 atom stereocenters. The minimum Gasteiger partial charge on any atom is -0.357 e. The predicted molar refractivity (Wildman–Crippen MR) is 148 cm³/mol. The molecule has 4 aromatic rings. The first kappa shape index (κ1) is 23.0. The molecule has 2 aliphatic rings. The summed E-state index contributed by atoms with van der Waals surface area (Å²) >= 11 is 0. The van der Waals surface area contributed by atoms with Gasteiger partial charge in [-0.05, 0) is 54.7 Å². The maximum absolute atomic E-state index is 14.2. The fraction of sp³-hybridized carbons (Fsp3) is 0.152. The summed E-state index contributed by atoms with van der Waals surface area (Å²) in [6.45, 7) is 2.07. The van der Waals surface area contributed by atoms with Crippen molar-refractivity contribution in [1.82, 2.24) is 0 Å². The van der Waals surface area contributed by atoms with Crippen LogP contribution in [0.15, 0.2) is 120 Å². The fourth-order valence-electron chi connectivity index (χ4n) is 5.56. The van der Waals surface area contributed by atoms with Gasteiger partial charge in [-0.25, -0.2) is 0 Å². The van der Waals surface area contributed by atoms with Crippen LogP contribution >= 0.6 is 0 Å². The molecule has 0 fully saturated rings. The monoisotopic (exact) mass is 484 g/mol. The molecule has 4 heteroatoms. The second kappa shape index (κ2) is 9.55. The molecule has 0 unspecified atom stereocenters. The third kappa shape index (κ3) is 4.25. The molecule has 6 rings (SSSR count). The van der Waals surface area contributed by atoms with E-state index in [9.17, 15) is 9.59 Å². The highest BCUT2D eigenvalue weighted by atomic mass is 16.2. The number of ketones is 1. The molecule has 4 nitrogen and oxygen atoms in total. The Labute approximate surface area is 217 Å². The third-order valence-corrected chi connectivity index (χ3v) is 7.39. The Bertz CT molecular complexity index is 1490. The van der Waals surface area contributed by atoms with Crippen LogP contribution in [0.5, 0.6) is 0 Å². The average molecular weight is 485 g/mol. The first-order valence-electron chi connectivity index (χ1n) is 12.7. The van der Waals surface area contributed by atoms with Crippen LogP contribution in [0.4, 0.5) is 11.4 Å². The molecule has 0 saturated carbocycles. The summed E-state index contributed by atoms with van der Waals surface area (Å²) in [5, 5.41) is 3.60. The molecule has 0 spiro atoms. The Morgan fingerprint density at radius 1 is 0.757 bits per heavy atom. The van der Waals surface area contributed by atoms with Crippen molar-refractivity contribution in [3.63, 3.8) is 0 Å². The second-order valence-corrected chi connectivity index (χ2v) is 9.83. The number of nitrogens with one attached hydrogen (secondary N) is 1. The molecule has 1 aliphatic heterocycles. The van der Waals surface area contributed by atoms with Crippen LogP contribution in [0.25, 0.3) is 0 Å². The first-order valence-corrected chi connectivity index (χ1v) is 12.7. The molecule has 1 N–H and O–H groups in total. The summed E-state index contributed by atoms with van der Waals surface area (Å²) in [4.78, 5) is 30.0. The van der Waals surface area contributed by atoms with Crippen LogP contribution in [0.2, 0.25) is 0 Å². The van der Waals surface area contributed by atoms with Crippen molar-refractivity contribution < 1.29 is 9.59 Å². The molecule has 0 saturated heterocycles. The number of fused-ring (bicyclic) bond motifs is 1. The number of hydrogen-bond donors (Lipinski definition) is 1. The van der Waals surface area contributed by atoms with E-state index in [1.54, 1.807) is 4.90 Å². The molecule has 1 amide bonds. The topological polar surface area (TPSA) is 49.4 Å². The van der Waals surface area contributed by atoms with E-state index in [1.165, 1.54) is 11.1 Å². The number of rotatable bonds is 3. The van der Waals surface area contributed by atoms with E-state index in [-0.39, 0.29) is 17.6 Å². The number of para-hydroxylation sites is 2. The van der Waals surface area contributed by atoms with Crippen molar-refractivity contribution in [2.75, 3.05) is 10.2 Å². The maximum atomic E-state index is 14.2. The number of carbonyl (C=O) groups excluding carboxylic acids is 2. The van der Waals surface area contributed by atoms with Gasteiger partial charge < -0.3 is 5.32 Å². The lowest BCUT2D eigenvalue weighted by atomic mass is 9.78. The Hall–Kier alpha value is -4.44. The lowest BCUT2D eigenvalue weighted by molar-refractivity contribution is -0.116. The molecular formula is C33H28N2O2.